The van der Waals surface area contributed by atoms with E-state index in [1.54, 1.807) is 0 Å². The Bertz CT molecular complexity index is 669. The second-order valence-corrected chi connectivity index (χ2v) is 5.40. The van der Waals surface area contributed by atoms with Crippen molar-refractivity contribution in [2.45, 2.75) is 6.42 Å². The van der Waals surface area contributed by atoms with E-state index in [1.807, 2.05) is 0 Å². The van der Waals surface area contributed by atoms with E-state index in [9.17, 15) is 0 Å². The Morgan fingerprint density at radius 3 is 2.11 bits per heavy atom. The van der Waals surface area contributed by atoms with Gasteiger partial charge in [0.1, 0.15) is 0 Å². The Kier molecular flexibility index (Phi) is 3.16. The van der Waals surface area contributed by atoms with Crippen molar-refractivity contribution in [3.63, 3.8) is 0 Å². The second kappa shape index (κ2) is 4.95. The summed E-state index contributed by atoms with van der Waals surface area (Å²) >= 11 is 3.46. The third kappa shape index (κ3) is 2.46. The summed E-state index contributed by atoms with van der Waals surface area (Å²) in [7, 11) is 0. The molecule has 88 valence electrons. The van der Waals surface area contributed by atoms with Crippen LogP contribution in [0.1, 0.15) is 11.1 Å². The van der Waals surface area contributed by atoms with Crippen LogP contribution < -0.4 is 0 Å². The van der Waals surface area contributed by atoms with Gasteiger partial charge in [0.2, 0.25) is 0 Å². The van der Waals surface area contributed by atoms with Crippen molar-refractivity contribution < 1.29 is 0 Å². The Labute approximate surface area is 115 Å². The Hall–Kier alpha value is -1.60. The average molecular weight is 297 g/mol. The first-order valence-corrected chi connectivity index (χ1v) is 6.83. The van der Waals surface area contributed by atoms with Gasteiger partial charge in [0.25, 0.3) is 0 Å². The van der Waals surface area contributed by atoms with Crippen LogP contribution in [0.25, 0.3) is 10.8 Å². The monoisotopic (exact) mass is 296 g/mol. The highest BCUT2D eigenvalue weighted by Crippen LogP contribution is 2.19. The maximum atomic E-state index is 3.46. The lowest BCUT2D eigenvalue weighted by Gasteiger charge is -2.04. The fourth-order valence-electron chi connectivity index (χ4n) is 2.19. The molecule has 0 N–H and O–H groups in total. The number of hydrogen-bond donors (Lipinski definition) is 0. The van der Waals surface area contributed by atoms with E-state index in [1.165, 1.54) is 21.9 Å². The number of hydrogen-bond acceptors (Lipinski definition) is 0. The Balaban J connectivity index is 1.92. The van der Waals surface area contributed by atoms with E-state index in [0.29, 0.717) is 0 Å². The molecule has 0 nitrogen and oxygen atoms in total. The minimum Gasteiger partial charge on any atom is -0.0616 e. The summed E-state index contributed by atoms with van der Waals surface area (Å²) in [5.41, 5.74) is 2.70. The van der Waals surface area contributed by atoms with Gasteiger partial charge in [-0.1, -0.05) is 70.5 Å². The summed E-state index contributed by atoms with van der Waals surface area (Å²) in [5, 5.41) is 2.61. The van der Waals surface area contributed by atoms with Crippen molar-refractivity contribution in [3.8, 4) is 0 Å². The summed E-state index contributed by atoms with van der Waals surface area (Å²) in [5.74, 6) is 0. The molecule has 0 heterocycles. The molecule has 1 heteroatoms. The molecule has 0 unspecified atom stereocenters. The van der Waals surface area contributed by atoms with Crippen LogP contribution in [0.4, 0.5) is 0 Å². The second-order valence-electron chi connectivity index (χ2n) is 4.48. The summed E-state index contributed by atoms with van der Waals surface area (Å²) in [6.07, 6.45) is 0.984. The molecule has 0 aliphatic rings. The van der Waals surface area contributed by atoms with Gasteiger partial charge in [0.15, 0.2) is 0 Å². The third-order valence-electron chi connectivity index (χ3n) is 3.14. The van der Waals surface area contributed by atoms with E-state index in [0.717, 1.165) is 10.9 Å². The van der Waals surface area contributed by atoms with Crippen LogP contribution in [0.3, 0.4) is 0 Å². The summed E-state index contributed by atoms with van der Waals surface area (Å²) in [6, 6.07) is 23.7. The molecule has 0 saturated carbocycles. The molecule has 0 aromatic heterocycles. The molecule has 3 aromatic carbocycles. The zero-order valence-electron chi connectivity index (χ0n) is 9.94. The smallest absolute Gasteiger partial charge is 0.0175 e. The fourth-order valence-corrected chi connectivity index (χ4v) is 2.45. The van der Waals surface area contributed by atoms with Crippen molar-refractivity contribution in [2.24, 2.45) is 0 Å². The van der Waals surface area contributed by atoms with Gasteiger partial charge in [-0.3, -0.25) is 0 Å². The molecular weight excluding hydrogens is 284 g/mol. The van der Waals surface area contributed by atoms with Gasteiger partial charge in [-0.2, -0.15) is 0 Å². The number of rotatable bonds is 2. The van der Waals surface area contributed by atoms with Crippen molar-refractivity contribution in [3.05, 3.63) is 82.3 Å². The largest absolute Gasteiger partial charge is 0.0616 e. The average Bonchev–Trinajstić information content (AvgIpc) is 2.41. The zero-order valence-corrected chi connectivity index (χ0v) is 11.5. The zero-order chi connectivity index (χ0) is 12.4. The van der Waals surface area contributed by atoms with Gasteiger partial charge < -0.3 is 0 Å². The lowest BCUT2D eigenvalue weighted by molar-refractivity contribution is 1.20. The lowest BCUT2D eigenvalue weighted by Crippen LogP contribution is -1.87. The summed E-state index contributed by atoms with van der Waals surface area (Å²) in [6.45, 7) is 0. The van der Waals surface area contributed by atoms with E-state index in [4.69, 9.17) is 0 Å². The molecule has 0 bridgehead atoms. The number of benzene rings is 3. The molecule has 0 atom stereocenters. The van der Waals surface area contributed by atoms with E-state index in [-0.39, 0.29) is 0 Å². The molecule has 3 rings (SSSR count). The normalized spacial score (nSPS) is 10.7. The van der Waals surface area contributed by atoms with Crippen LogP contribution >= 0.6 is 15.9 Å². The molecule has 0 aliphatic carbocycles. The SMILES string of the molecule is Brc1ccc(Cc2ccc3ccccc3c2)cc1. The minimum atomic E-state index is 0.984. The maximum absolute atomic E-state index is 3.46. The molecule has 0 saturated heterocycles. The van der Waals surface area contributed by atoms with Crippen LogP contribution in [0, 0.1) is 0 Å². The van der Waals surface area contributed by atoms with Gasteiger partial charge in [0.05, 0.1) is 0 Å². The third-order valence-corrected chi connectivity index (χ3v) is 3.66. The highest BCUT2D eigenvalue weighted by molar-refractivity contribution is 9.10. The van der Waals surface area contributed by atoms with Crippen molar-refractivity contribution in [1.82, 2.24) is 0 Å². The van der Waals surface area contributed by atoms with Gasteiger partial charge in [0, 0.05) is 4.47 Å². The van der Waals surface area contributed by atoms with Crippen LogP contribution in [-0.4, -0.2) is 0 Å². The Morgan fingerprint density at radius 1 is 0.667 bits per heavy atom. The van der Waals surface area contributed by atoms with Crippen LogP contribution in [-0.2, 0) is 6.42 Å². The standard InChI is InChI=1S/C17H13Br/c18-17-9-6-13(7-10-17)11-14-5-8-15-3-1-2-4-16(15)12-14/h1-10,12H,11H2. The molecule has 0 aliphatic heterocycles. The van der Waals surface area contributed by atoms with Crippen molar-refractivity contribution in [1.29, 1.82) is 0 Å². The first-order valence-electron chi connectivity index (χ1n) is 6.03. The number of fused-ring (bicyclic) bond motifs is 1. The predicted octanol–water partition coefficient (Wildman–Crippen LogP) is 5.19. The van der Waals surface area contributed by atoms with Gasteiger partial charge in [-0.05, 0) is 40.5 Å². The van der Waals surface area contributed by atoms with Crippen molar-refractivity contribution in [2.75, 3.05) is 0 Å². The first-order chi connectivity index (χ1) is 8.81. The van der Waals surface area contributed by atoms with Crippen LogP contribution in [0.2, 0.25) is 0 Å². The van der Waals surface area contributed by atoms with E-state index < -0.39 is 0 Å². The molecular formula is C17H13Br. The molecule has 0 fully saturated rings. The Morgan fingerprint density at radius 2 is 1.33 bits per heavy atom. The number of halogens is 1. The molecule has 0 radical (unpaired) electrons. The summed E-state index contributed by atoms with van der Waals surface area (Å²) < 4.78 is 1.13. The molecule has 18 heavy (non-hydrogen) atoms. The highest BCUT2D eigenvalue weighted by atomic mass is 79.9. The minimum absolute atomic E-state index is 0.984. The quantitative estimate of drug-likeness (QED) is 0.610. The molecule has 3 aromatic rings. The van der Waals surface area contributed by atoms with Crippen LogP contribution in [0.15, 0.2) is 71.2 Å². The maximum Gasteiger partial charge on any atom is 0.0175 e. The van der Waals surface area contributed by atoms with E-state index in [2.05, 4.69) is 82.7 Å². The topological polar surface area (TPSA) is 0 Å². The van der Waals surface area contributed by atoms with Crippen LogP contribution in [0.5, 0.6) is 0 Å². The van der Waals surface area contributed by atoms with Gasteiger partial charge >= 0.3 is 0 Å². The molecule has 0 spiro atoms. The predicted molar refractivity (Wildman–Crippen MR) is 80.9 cm³/mol. The van der Waals surface area contributed by atoms with Gasteiger partial charge in [-0.25, -0.2) is 0 Å². The molecule has 0 amide bonds. The fraction of sp³-hybridized carbons (Fsp3) is 0.0588. The van der Waals surface area contributed by atoms with E-state index >= 15 is 0 Å². The first kappa shape index (κ1) is 11.5. The summed E-state index contributed by atoms with van der Waals surface area (Å²) in [4.78, 5) is 0. The van der Waals surface area contributed by atoms with Gasteiger partial charge in [-0.15, -0.1) is 0 Å². The highest BCUT2D eigenvalue weighted by Gasteiger charge is 1.98. The lowest BCUT2D eigenvalue weighted by atomic mass is 10.0. The van der Waals surface area contributed by atoms with Crippen molar-refractivity contribution >= 4 is 26.7 Å².